The molecule has 0 radical (unpaired) electrons. The second-order valence-electron chi connectivity index (χ2n) is 4.24. The second kappa shape index (κ2) is 4.48. The predicted octanol–water partition coefficient (Wildman–Crippen LogP) is 3.34. The van der Waals surface area contributed by atoms with E-state index in [1.54, 1.807) is 12.1 Å². The summed E-state index contributed by atoms with van der Waals surface area (Å²) in [4.78, 5) is 0. The molecule has 0 saturated heterocycles. The Hall–Kier alpha value is -2.19. The van der Waals surface area contributed by atoms with Crippen molar-refractivity contribution in [3.63, 3.8) is 0 Å². The number of hydrogen-bond acceptors (Lipinski definition) is 3. The van der Waals surface area contributed by atoms with Crippen molar-refractivity contribution >= 4 is 21.6 Å². The van der Waals surface area contributed by atoms with E-state index >= 15 is 0 Å². The Morgan fingerprint density at radius 1 is 1.21 bits per heavy atom. The fraction of sp³-hybridized carbons (Fsp3) is 0.0714. The van der Waals surface area contributed by atoms with Gasteiger partial charge in [0.2, 0.25) is 0 Å². The zero-order chi connectivity index (χ0) is 13.4. The molecule has 3 aromatic rings. The quantitative estimate of drug-likeness (QED) is 0.692. The molecule has 0 amide bonds. The minimum Gasteiger partial charge on any atom is -0.282 e. The maximum atomic E-state index is 8.88. The van der Waals surface area contributed by atoms with E-state index in [1.165, 1.54) is 0 Å². The topological polar surface area (TPSA) is 54.0 Å². The first-order valence-corrected chi connectivity index (χ1v) is 6.50. The third-order valence-electron chi connectivity index (χ3n) is 2.96. The van der Waals surface area contributed by atoms with Crippen LogP contribution in [0.3, 0.4) is 0 Å². The first-order valence-electron chi connectivity index (χ1n) is 5.70. The van der Waals surface area contributed by atoms with E-state index in [1.807, 2.05) is 29.7 Å². The third kappa shape index (κ3) is 2.00. The summed E-state index contributed by atoms with van der Waals surface area (Å²) in [6.45, 7) is 2.03. The van der Waals surface area contributed by atoms with Crippen LogP contribution in [-0.4, -0.2) is 14.6 Å². The number of nitriles is 1. The average Bonchev–Trinajstić information content (AvgIpc) is 2.84. The van der Waals surface area contributed by atoms with E-state index in [0.717, 1.165) is 21.4 Å². The molecule has 0 atom stereocenters. The normalized spacial score (nSPS) is 10.6. The van der Waals surface area contributed by atoms with Crippen molar-refractivity contribution in [1.82, 2.24) is 14.6 Å². The molecular formula is C14H9BrN4. The lowest BCUT2D eigenvalue weighted by Gasteiger charge is -2.03. The van der Waals surface area contributed by atoms with Crippen molar-refractivity contribution in [2.45, 2.75) is 6.92 Å². The summed E-state index contributed by atoms with van der Waals surface area (Å²) >= 11 is 3.48. The number of rotatable bonds is 1. The van der Waals surface area contributed by atoms with Gasteiger partial charge in [-0.3, -0.25) is 4.40 Å². The van der Waals surface area contributed by atoms with Crippen molar-refractivity contribution < 1.29 is 0 Å². The number of fused-ring (bicyclic) bond motifs is 1. The van der Waals surface area contributed by atoms with Gasteiger partial charge in [0.25, 0.3) is 0 Å². The molecule has 1 aromatic carbocycles. The number of hydrogen-bond donors (Lipinski definition) is 0. The standard InChI is InChI=1S/C14H9BrN4/c1-9-6-11(2-3-12(9)15)14-18-17-13-7-10(8-16)4-5-19(13)14/h2-7H,1H3. The maximum Gasteiger partial charge on any atom is 0.168 e. The Morgan fingerprint density at radius 2 is 2.05 bits per heavy atom. The van der Waals surface area contributed by atoms with Crippen molar-refractivity contribution in [2.24, 2.45) is 0 Å². The largest absolute Gasteiger partial charge is 0.282 e. The van der Waals surface area contributed by atoms with Gasteiger partial charge in [0.05, 0.1) is 11.6 Å². The van der Waals surface area contributed by atoms with Gasteiger partial charge in [0.1, 0.15) is 0 Å². The van der Waals surface area contributed by atoms with Gasteiger partial charge in [-0.05, 0) is 30.7 Å². The molecule has 0 bridgehead atoms. The predicted molar refractivity (Wildman–Crippen MR) is 75.6 cm³/mol. The zero-order valence-electron chi connectivity index (χ0n) is 10.1. The van der Waals surface area contributed by atoms with E-state index in [-0.39, 0.29) is 0 Å². The highest BCUT2D eigenvalue weighted by molar-refractivity contribution is 9.10. The van der Waals surface area contributed by atoms with Crippen LogP contribution >= 0.6 is 15.9 Å². The average molecular weight is 313 g/mol. The van der Waals surface area contributed by atoms with Crippen LogP contribution in [0.2, 0.25) is 0 Å². The monoisotopic (exact) mass is 312 g/mol. The van der Waals surface area contributed by atoms with Gasteiger partial charge < -0.3 is 0 Å². The number of aromatic nitrogens is 3. The van der Waals surface area contributed by atoms with Crippen LogP contribution in [0.1, 0.15) is 11.1 Å². The summed E-state index contributed by atoms with van der Waals surface area (Å²) in [7, 11) is 0. The van der Waals surface area contributed by atoms with Crippen molar-refractivity contribution in [3.05, 3.63) is 52.1 Å². The molecule has 5 heteroatoms. The van der Waals surface area contributed by atoms with Gasteiger partial charge in [-0.25, -0.2) is 0 Å². The molecule has 0 aliphatic heterocycles. The molecule has 0 spiro atoms. The SMILES string of the molecule is Cc1cc(-c2nnc3cc(C#N)ccn23)ccc1Br. The van der Waals surface area contributed by atoms with E-state index < -0.39 is 0 Å². The fourth-order valence-electron chi connectivity index (χ4n) is 1.94. The lowest BCUT2D eigenvalue weighted by Crippen LogP contribution is -1.90. The van der Waals surface area contributed by atoms with Gasteiger partial charge in [-0.15, -0.1) is 10.2 Å². The third-order valence-corrected chi connectivity index (χ3v) is 3.84. The van der Waals surface area contributed by atoms with Crippen LogP contribution in [0, 0.1) is 18.3 Å². The van der Waals surface area contributed by atoms with Crippen molar-refractivity contribution in [2.75, 3.05) is 0 Å². The van der Waals surface area contributed by atoms with Gasteiger partial charge in [-0.1, -0.05) is 22.0 Å². The minimum absolute atomic E-state index is 0.582. The van der Waals surface area contributed by atoms with Crippen molar-refractivity contribution in [1.29, 1.82) is 5.26 Å². The summed E-state index contributed by atoms with van der Waals surface area (Å²) in [5.74, 6) is 0.773. The van der Waals surface area contributed by atoms with E-state index in [9.17, 15) is 0 Å². The highest BCUT2D eigenvalue weighted by atomic mass is 79.9. The summed E-state index contributed by atoms with van der Waals surface area (Å²) in [5, 5.41) is 17.2. The summed E-state index contributed by atoms with van der Waals surface area (Å²) in [5.41, 5.74) is 3.40. The molecule has 2 aromatic heterocycles. The molecule has 92 valence electrons. The Bertz CT molecular complexity index is 814. The van der Waals surface area contributed by atoms with Gasteiger partial charge in [0, 0.05) is 22.3 Å². The lowest BCUT2D eigenvalue weighted by atomic mass is 10.1. The van der Waals surface area contributed by atoms with E-state index in [2.05, 4.69) is 38.3 Å². The van der Waals surface area contributed by atoms with Crippen LogP contribution in [0.25, 0.3) is 17.0 Å². The molecule has 3 rings (SSSR count). The molecule has 19 heavy (non-hydrogen) atoms. The number of benzene rings is 1. The first kappa shape index (κ1) is 11.9. The molecule has 0 fully saturated rings. The zero-order valence-corrected chi connectivity index (χ0v) is 11.7. The molecule has 4 nitrogen and oxygen atoms in total. The number of halogens is 1. The Labute approximate surface area is 118 Å². The summed E-state index contributed by atoms with van der Waals surface area (Å²) in [6.07, 6.45) is 1.82. The van der Waals surface area contributed by atoms with Crippen LogP contribution < -0.4 is 0 Å². The molecule has 0 saturated carbocycles. The highest BCUT2D eigenvalue weighted by Gasteiger charge is 2.09. The molecule has 0 unspecified atom stereocenters. The molecular weight excluding hydrogens is 304 g/mol. The van der Waals surface area contributed by atoms with E-state index in [4.69, 9.17) is 5.26 Å². The van der Waals surface area contributed by atoms with Crippen LogP contribution in [0.5, 0.6) is 0 Å². The summed E-state index contributed by atoms with van der Waals surface area (Å²) in [6, 6.07) is 11.6. The highest BCUT2D eigenvalue weighted by Crippen LogP contribution is 2.24. The Morgan fingerprint density at radius 3 is 2.79 bits per heavy atom. The van der Waals surface area contributed by atoms with Crippen LogP contribution in [0.15, 0.2) is 41.0 Å². The fourth-order valence-corrected chi connectivity index (χ4v) is 2.19. The number of aryl methyl sites for hydroxylation is 1. The first-order chi connectivity index (χ1) is 9.19. The van der Waals surface area contributed by atoms with Crippen molar-refractivity contribution in [3.8, 4) is 17.5 Å². The Kier molecular flexibility index (Phi) is 2.80. The van der Waals surface area contributed by atoms with Crippen LogP contribution in [0.4, 0.5) is 0 Å². The van der Waals surface area contributed by atoms with E-state index in [0.29, 0.717) is 11.2 Å². The van der Waals surface area contributed by atoms with Crippen LogP contribution in [-0.2, 0) is 0 Å². The Balaban J connectivity index is 2.20. The van der Waals surface area contributed by atoms with Gasteiger partial charge in [-0.2, -0.15) is 5.26 Å². The lowest BCUT2D eigenvalue weighted by molar-refractivity contribution is 1.11. The number of nitrogens with zero attached hydrogens (tertiary/aromatic N) is 4. The maximum absolute atomic E-state index is 8.88. The number of pyridine rings is 1. The molecule has 0 aliphatic rings. The second-order valence-corrected chi connectivity index (χ2v) is 5.10. The molecule has 0 N–H and O–H groups in total. The molecule has 2 heterocycles. The molecule has 0 aliphatic carbocycles. The smallest absolute Gasteiger partial charge is 0.168 e. The van der Waals surface area contributed by atoms with Gasteiger partial charge in [0.15, 0.2) is 11.5 Å². The summed E-state index contributed by atoms with van der Waals surface area (Å²) < 4.78 is 2.95. The van der Waals surface area contributed by atoms with Gasteiger partial charge >= 0.3 is 0 Å². The minimum atomic E-state index is 0.582.